The van der Waals surface area contributed by atoms with Gasteiger partial charge in [-0.15, -0.1) is 11.3 Å². The molecule has 2 N–H and O–H groups in total. The largest absolute Gasteiger partial charge is 0.494 e. The van der Waals surface area contributed by atoms with Gasteiger partial charge in [0.1, 0.15) is 5.75 Å². The smallest absolute Gasteiger partial charge is 0.151 e. The van der Waals surface area contributed by atoms with Gasteiger partial charge in [0.05, 0.1) is 16.8 Å². The van der Waals surface area contributed by atoms with Gasteiger partial charge in [0, 0.05) is 17.0 Å². The summed E-state index contributed by atoms with van der Waals surface area (Å²) in [5, 5.41) is 0. The maximum atomic E-state index is 5.88. The molecule has 3 rings (SSSR count). The van der Waals surface area contributed by atoms with Crippen LogP contribution in [0.25, 0.3) is 10.2 Å². The Morgan fingerprint density at radius 1 is 1.24 bits per heavy atom. The molecule has 2 aromatic carbocycles. The molecule has 108 valence electrons. The molecular formula is C16H16N2OS2. The second kappa shape index (κ2) is 6.37. The van der Waals surface area contributed by atoms with Crippen LogP contribution in [-0.4, -0.2) is 11.6 Å². The molecule has 0 aliphatic rings. The summed E-state index contributed by atoms with van der Waals surface area (Å²) in [6, 6.07) is 14.0. The van der Waals surface area contributed by atoms with Crippen molar-refractivity contribution in [1.82, 2.24) is 4.98 Å². The van der Waals surface area contributed by atoms with Crippen LogP contribution in [0.2, 0.25) is 0 Å². The Labute approximate surface area is 132 Å². The first-order valence-corrected chi connectivity index (χ1v) is 8.56. The molecule has 0 saturated carbocycles. The van der Waals surface area contributed by atoms with Crippen LogP contribution in [0.5, 0.6) is 5.75 Å². The molecule has 0 aliphatic carbocycles. The Balaban J connectivity index is 1.79. The van der Waals surface area contributed by atoms with Crippen molar-refractivity contribution in [2.45, 2.75) is 17.0 Å². The number of rotatable bonds is 5. The molecule has 3 aromatic rings. The molecule has 0 unspecified atom stereocenters. The fourth-order valence-corrected chi connectivity index (χ4v) is 4.11. The van der Waals surface area contributed by atoms with Crippen LogP contribution in [0.4, 0.5) is 5.69 Å². The van der Waals surface area contributed by atoms with Crippen molar-refractivity contribution in [3.05, 3.63) is 48.0 Å². The number of nitrogens with two attached hydrogens (primary N) is 1. The van der Waals surface area contributed by atoms with Gasteiger partial charge < -0.3 is 10.5 Å². The lowest BCUT2D eigenvalue weighted by Crippen LogP contribution is -1.97. The summed E-state index contributed by atoms with van der Waals surface area (Å²) in [5.74, 6) is 1.71. The Kier molecular flexibility index (Phi) is 4.31. The summed E-state index contributed by atoms with van der Waals surface area (Å²) >= 11 is 3.44. The van der Waals surface area contributed by atoms with Crippen molar-refractivity contribution < 1.29 is 4.74 Å². The van der Waals surface area contributed by atoms with Crippen LogP contribution < -0.4 is 10.5 Å². The van der Waals surface area contributed by atoms with Crippen LogP contribution >= 0.6 is 23.1 Å². The van der Waals surface area contributed by atoms with Gasteiger partial charge in [-0.05, 0) is 37.3 Å². The number of hydrogen-bond acceptors (Lipinski definition) is 5. The molecule has 21 heavy (non-hydrogen) atoms. The highest BCUT2D eigenvalue weighted by molar-refractivity contribution is 8.00. The van der Waals surface area contributed by atoms with Crippen LogP contribution in [-0.2, 0) is 5.75 Å². The lowest BCUT2D eigenvalue weighted by molar-refractivity contribution is 0.337. The number of ether oxygens (including phenoxy) is 1. The molecule has 0 aliphatic heterocycles. The highest BCUT2D eigenvalue weighted by atomic mass is 32.2. The van der Waals surface area contributed by atoms with Gasteiger partial charge in [-0.1, -0.05) is 23.9 Å². The Morgan fingerprint density at radius 2 is 2.10 bits per heavy atom. The fourth-order valence-electron chi connectivity index (χ4n) is 2.06. The molecule has 0 atom stereocenters. The standard InChI is InChI=1S/C16H16N2OS2/c1-2-19-14-8-7-12(17)9-11(14)10-20-16-18-13-5-3-4-6-15(13)21-16/h3-9H,2,10,17H2,1H3. The SMILES string of the molecule is CCOc1ccc(N)cc1CSc1nc2ccccc2s1. The molecule has 0 spiro atoms. The predicted molar refractivity (Wildman–Crippen MR) is 91.2 cm³/mol. The molecule has 0 fully saturated rings. The van der Waals surface area contributed by atoms with Crippen molar-refractivity contribution in [2.24, 2.45) is 0 Å². The molecule has 0 radical (unpaired) electrons. The Morgan fingerprint density at radius 3 is 2.90 bits per heavy atom. The van der Waals surface area contributed by atoms with Crippen molar-refractivity contribution in [1.29, 1.82) is 0 Å². The number of thioether (sulfide) groups is 1. The first kappa shape index (κ1) is 14.2. The zero-order valence-electron chi connectivity index (χ0n) is 11.7. The third-order valence-electron chi connectivity index (χ3n) is 3.01. The molecule has 1 heterocycles. The highest BCUT2D eigenvalue weighted by Gasteiger charge is 2.08. The van der Waals surface area contributed by atoms with E-state index in [0.717, 1.165) is 32.6 Å². The van der Waals surface area contributed by atoms with E-state index in [9.17, 15) is 0 Å². The van der Waals surface area contributed by atoms with Gasteiger partial charge in [-0.25, -0.2) is 4.98 Å². The molecular weight excluding hydrogens is 300 g/mol. The maximum absolute atomic E-state index is 5.88. The number of thiazole rings is 1. The van der Waals surface area contributed by atoms with Crippen LogP contribution in [0.15, 0.2) is 46.8 Å². The van der Waals surface area contributed by atoms with E-state index in [-0.39, 0.29) is 0 Å². The number of anilines is 1. The number of nitrogen functional groups attached to an aromatic ring is 1. The zero-order chi connectivity index (χ0) is 14.7. The fraction of sp³-hybridized carbons (Fsp3) is 0.188. The number of aromatic nitrogens is 1. The normalized spacial score (nSPS) is 10.9. The molecule has 0 saturated heterocycles. The number of hydrogen-bond donors (Lipinski definition) is 1. The Hall–Kier alpha value is -1.72. The minimum absolute atomic E-state index is 0.655. The van der Waals surface area contributed by atoms with E-state index in [1.807, 2.05) is 43.3 Å². The minimum Gasteiger partial charge on any atom is -0.494 e. The molecule has 3 nitrogen and oxygen atoms in total. The summed E-state index contributed by atoms with van der Waals surface area (Å²) in [6.07, 6.45) is 0. The summed E-state index contributed by atoms with van der Waals surface area (Å²) in [6.45, 7) is 2.64. The van der Waals surface area contributed by atoms with Crippen molar-refractivity contribution in [3.63, 3.8) is 0 Å². The second-order valence-electron chi connectivity index (χ2n) is 4.54. The summed E-state index contributed by atoms with van der Waals surface area (Å²) in [5.41, 5.74) is 8.81. The summed E-state index contributed by atoms with van der Waals surface area (Å²) in [7, 11) is 0. The molecule has 0 bridgehead atoms. The van der Waals surface area contributed by atoms with Gasteiger partial charge >= 0.3 is 0 Å². The summed E-state index contributed by atoms with van der Waals surface area (Å²) < 4.78 is 7.94. The topological polar surface area (TPSA) is 48.1 Å². The lowest BCUT2D eigenvalue weighted by atomic mass is 10.2. The second-order valence-corrected chi connectivity index (χ2v) is 6.79. The van der Waals surface area contributed by atoms with E-state index in [1.165, 1.54) is 4.70 Å². The van der Waals surface area contributed by atoms with E-state index in [0.29, 0.717) is 6.61 Å². The predicted octanol–water partition coefficient (Wildman–Crippen LogP) is 4.57. The third kappa shape index (κ3) is 3.31. The highest BCUT2D eigenvalue weighted by Crippen LogP contribution is 2.34. The van der Waals surface area contributed by atoms with Crippen LogP contribution in [0.1, 0.15) is 12.5 Å². The number of fused-ring (bicyclic) bond motifs is 1. The molecule has 5 heteroatoms. The van der Waals surface area contributed by atoms with E-state index in [1.54, 1.807) is 23.1 Å². The lowest BCUT2D eigenvalue weighted by Gasteiger charge is -2.10. The van der Waals surface area contributed by atoms with Crippen molar-refractivity contribution in [2.75, 3.05) is 12.3 Å². The molecule has 0 amide bonds. The zero-order valence-corrected chi connectivity index (χ0v) is 13.3. The number of para-hydroxylation sites is 1. The average Bonchev–Trinajstić information content (AvgIpc) is 2.90. The van der Waals surface area contributed by atoms with Gasteiger partial charge in [-0.2, -0.15) is 0 Å². The van der Waals surface area contributed by atoms with E-state index >= 15 is 0 Å². The maximum Gasteiger partial charge on any atom is 0.151 e. The quantitative estimate of drug-likeness (QED) is 0.553. The Bertz CT molecular complexity index is 722. The first-order valence-electron chi connectivity index (χ1n) is 6.76. The number of benzene rings is 2. The van der Waals surface area contributed by atoms with E-state index in [2.05, 4.69) is 11.1 Å². The van der Waals surface area contributed by atoms with Gasteiger partial charge in [-0.3, -0.25) is 0 Å². The van der Waals surface area contributed by atoms with Crippen LogP contribution in [0, 0.1) is 0 Å². The first-order chi connectivity index (χ1) is 10.3. The van der Waals surface area contributed by atoms with E-state index in [4.69, 9.17) is 10.5 Å². The number of nitrogens with zero attached hydrogens (tertiary/aromatic N) is 1. The van der Waals surface area contributed by atoms with Gasteiger partial charge in [0.25, 0.3) is 0 Å². The minimum atomic E-state index is 0.655. The summed E-state index contributed by atoms with van der Waals surface area (Å²) in [4.78, 5) is 4.64. The van der Waals surface area contributed by atoms with Crippen LogP contribution in [0.3, 0.4) is 0 Å². The molecule has 1 aromatic heterocycles. The van der Waals surface area contributed by atoms with E-state index < -0.39 is 0 Å². The monoisotopic (exact) mass is 316 g/mol. The van der Waals surface area contributed by atoms with Gasteiger partial charge in [0.2, 0.25) is 0 Å². The third-order valence-corrected chi connectivity index (χ3v) is 5.24. The van der Waals surface area contributed by atoms with Crippen molar-refractivity contribution in [3.8, 4) is 5.75 Å². The van der Waals surface area contributed by atoms with Gasteiger partial charge in [0.15, 0.2) is 4.34 Å². The van der Waals surface area contributed by atoms with Crippen molar-refractivity contribution >= 4 is 39.0 Å². The average molecular weight is 316 g/mol.